The third kappa shape index (κ3) is 7.07. The van der Waals surface area contributed by atoms with Crippen molar-refractivity contribution in [2.45, 2.75) is 31.8 Å². The first-order valence-corrected chi connectivity index (χ1v) is 13.2. The Balaban J connectivity index is 1.95. The zero-order valence-corrected chi connectivity index (χ0v) is 22.4. The zero-order valence-electron chi connectivity index (χ0n) is 21.6. The van der Waals surface area contributed by atoms with Crippen molar-refractivity contribution in [2.75, 3.05) is 37.0 Å². The van der Waals surface area contributed by atoms with Gasteiger partial charge in [-0.3, -0.25) is 9.10 Å². The molecule has 0 aliphatic rings. The second-order valence-corrected chi connectivity index (χ2v) is 10.1. The van der Waals surface area contributed by atoms with E-state index in [9.17, 15) is 13.2 Å². The van der Waals surface area contributed by atoms with E-state index < -0.39 is 22.5 Å². The number of rotatable bonds is 12. The molecule has 0 spiro atoms. The monoisotopic (exact) mass is 528 g/mol. The lowest BCUT2D eigenvalue weighted by Crippen LogP contribution is -2.38. The molecule has 0 aliphatic carbocycles. The van der Waals surface area contributed by atoms with Gasteiger partial charge < -0.3 is 24.3 Å². The van der Waals surface area contributed by atoms with Gasteiger partial charge in [0.1, 0.15) is 18.0 Å². The number of anilines is 2. The van der Waals surface area contributed by atoms with Gasteiger partial charge in [-0.05, 0) is 69.3 Å². The molecule has 0 unspecified atom stereocenters. The van der Waals surface area contributed by atoms with Crippen LogP contribution in [0.15, 0.2) is 71.6 Å². The molecule has 0 radical (unpaired) electrons. The Kier molecular flexibility index (Phi) is 9.24. The molecule has 0 atom stereocenters. The standard InChI is InChI=1S/C27H32N2O7S/c1-6-35-22-12-10-21(11-13-22)29(37(31,32)24-14-15-25(33-4)26(17-24)34-5)18-27(30)28-20-8-7-9-23(16-20)36-19(2)3/h7-17,19H,6,18H2,1-5H3,(H,28,30). The van der Waals surface area contributed by atoms with Crippen LogP contribution < -0.4 is 28.6 Å². The first kappa shape index (κ1) is 27.7. The van der Waals surface area contributed by atoms with Gasteiger partial charge in [0.15, 0.2) is 11.5 Å². The fraction of sp³-hybridized carbons (Fsp3) is 0.296. The largest absolute Gasteiger partial charge is 0.494 e. The molecule has 0 saturated carbocycles. The third-order valence-corrected chi connectivity index (χ3v) is 6.93. The van der Waals surface area contributed by atoms with Crippen molar-refractivity contribution in [3.8, 4) is 23.0 Å². The molecule has 0 saturated heterocycles. The summed E-state index contributed by atoms with van der Waals surface area (Å²) >= 11 is 0. The maximum Gasteiger partial charge on any atom is 0.264 e. The quantitative estimate of drug-likeness (QED) is 0.363. The van der Waals surface area contributed by atoms with Gasteiger partial charge in [-0.1, -0.05) is 6.07 Å². The smallest absolute Gasteiger partial charge is 0.264 e. The molecule has 37 heavy (non-hydrogen) atoms. The second kappa shape index (κ2) is 12.4. The molecular formula is C27H32N2O7S. The molecule has 0 aromatic heterocycles. The second-order valence-electron chi connectivity index (χ2n) is 8.20. The topological polar surface area (TPSA) is 103 Å². The van der Waals surface area contributed by atoms with Gasteiger partial charge in [0.05, 0.1) is 37.5 Å². The molecular weight excluding hydrogens is 496 g/mol. The average molecular weight is 529 g/mol. The number of sulfonamides is 1. The predicted octanol–water partition coefficient (Wildman–Crippen LogP) is 4.72. The molecule has 9 nitrogen and oxygen atoms in total. The molecule has 0 aliphatic heterocycles. The summed E-state index contributed by atoms with van der Waals surface area (Å²) in [4.78, 5) is 13.0. The van der Waals surface area contributed by atoms with E-state index in [1.807, 2.05) is 20.8 Å². The molecule has 3 aromatic rings. The number of nitrogens with one attached hydrogen (secondary N) is 1. The minimum Gasteiger partial charge on any atom is -0.494 e. The highest BCUT2D eigenvalue weighted by molar-refractivity contribution is 7.92. The van der Waals surface area contributed by atoms with E-state index in [1.54, 1.807) is 48.5 Å². The summed E-state index contributed by atoms with van der Waals surface area (Å²) in [5.41, 5.74) is 0.781. The van der Waals surface area contributed by atoms with E-state index in [2.05, 4.69) is 5.32 Å². The first-order valence-electron chi connectivity index (χ1n) is 11.7. The molecule has 0 heterocycles. The lowest BCUT2D eigenvalue weighted by Gasteiger charge is -2.25. The van der Waals surface area contributed by atoms with Crippen molar-refractivity contribution in [1.29, 1.82) is 0 Å². The SMILES string of the molecule is CCOc1ccc(N(CC(=O)Nc2cccc(OC(C)C)c2)S(=O)(=O)c2ccc(OC)c(OC)c2)cc1. The molecule has 3 rings (SSSR count). The highest BCUT2D eigenvalue weighted by atomic mass is 32.2. The van der Waals surface area contributed by atoms with Crippen LogP contribution in [0.1, 0.15) is 20.8 Å². The van der Waals surface area contributed by atoms with Crippen molar-refractivity contribution in [3.63, 3.8) is 0 Å². The number of hydrogen-bond acceptors (Lipinski definition) is 7. The van der Waals surface area contributed by atoms with E-state index in [1.165, 1.54) is 32.4 Å². The van der Waals surface area contributed by atoms with Gasteiger partial charge in [-0.15, -0.1) is 0 Å². The normalized spacial score (nSPS) is 11.1. The molecule has 198 valence electrons. The number of ether oxygens (including phenoxy) is 4. The number of benzene rings is 3. The van der Waals surface area contributed by atoms with Crippen LogP contribution in [-0.2, 0) is 14.8 Å². The van der Waals surface area contributed by atoms with Crippen molar-refractivity contribution in [2.24, 2.45) is 0 Å². The summed E-state index contributed by atoms with van der Waals surface area (Å²) in [6.07, 6.45) is -0.0345. The van der Waals surface area contributed by atoms with Gasteiger partial charge in [0.2, 0.25) is 5.91 Å². The summed E-state index contributed by atoms with van der Waals surface area (Å²) in [6.45, 7) is 5.65. The maximum absolute atomic E-state index is 13.8. The summed E-state index contributed by atoms with van der Waals surface area (Å²) < 4.78 is 50.2. The van der Waals surface area contributed by atoms with Crippen LogP contribution >= 0.6 is 0 Å². The van der Waals surface area contributed by atoms with Crippen LogP contribution in [0.5, 0.6) is 23.0 Å². The zero-order chi connectivity index (χ0) is 27.0. The first-order chi connectivity index (χ1) is 17.7. The average Bonchev–Trinajstić information content (AvgIpc) is 2.87. The maximum atomic E-state index is 13.8. The van der Waals surface area contributed by atoms with Gasteiger partial charge in [-0.25, -0.2) is 8.42 Å². The number of methoxy groups -OCH3 is 2. The molecule has 0 fully saturated rings. The fourth-order valence-corrected chi connectivity index (χ4v) is 4.98. The Bertz CT molecular complexity index is 1310. The molecule has 0 bridgehead atoms. The van der Waals surface area contributed by atoms with E-state index >= 15 is 0 Å². The molecule has 10 heteroatoms. The molecule has 3 aromatic carbocycles. The van der Waals surface area contributed by atoms with Crippen molar-refractivity contribution in [3.05, 3.63) is 66.7 Å². The van der Waals surface area contributed by atoms with Gasteiger partial charge >= 0.3 is 0 Å². The van der Waals surface area contributed by atoms with E-state index in [-0.39, 0.29) is 16.7 Å². The number of carbonyl (C=O) groups is 1. The molecule has 1 N–H and O–H groups in total. The highest BCUT2D eigenvalue weighted by Crippen LogP contribution is 2.32. The fourth-order valence-electron chi connectivity index (χ4n) is 3.54. The Hall–Kier alpha value is -3.92. The summed E-state index contributed by atoms with van der Waals surface area (Å²) in [7, 11) is -1.30. The van der Waals surface area contributed by atoms with Crippen molar-refractivity contribution in [1.82, 2.24) is 0 Å². The van der Waals surface area contributed by atoms with E-state index in [4.69, 9.17) is 18.9 Å². The Labute approximate surface area is 218 Å². The third-order valence-electron chi connectivity index (χ3n) is 5.16. The van der Waals surface area contributed by atoms with Crippen LogP contribution in [0.3, 0.4) is 0 Å². The van der Waals surface area contributed by atoms with Crippen LogP contribution in [0.4, 0.5) is 11.4 Å². The number of amides is 1. The van der Waals surface area contributed by atoms with Gasteiger partial charge in [0, 0.05) is 17.8 Å². The van der Waals surface area contributed by atoms with Crippen LogP contribution in [-0.4, -0.2) is 47.8 Å². The Morgan fingerprint density at radius 3 is 2.24 bits per heavy atom. The van der Waals surface area contributed by atoms with Crippen LogP contribution in [0.2, 0.25) is 0 Å². The van der Waals surface area contributed by atoms with Gasteiger partial charge in [-0.2, -0.15) is 0 Å². The van der Waals surface area contributed by atoms with Crippen LogP contribution in [0.25, 0.3) is 0 Å². The van der Waals surface area contributed by atoms with E-state index in [0.717, 1.165) is 4.31 Å². The lowest BCUT2D eigenvalue weighted by molar-refractivity contribution is -0.114. The summed E-state index contributed by atoms with van der Waals surface area (Å²) in [5, 5.41) is 2.76. The lowest BCUT2D eigenvalue weighted by atomic mass is 10.3. The van der Waals surface area contributed by atoms with E-state index in [0.29, 0.717) is 35.2 Å². The minimum absolute atomic E-state index is 0.0345. The predicted molar refractivity (Wildman–Crippen MR) is 143 cm³/mol. The molecule has 1 amide bonds. The van der Waals surface area contributed by atoms with Crippen LogP contribution in [0, 0.1) is 0 Å². The summed E-state index contributed by atoms with van der Waals surface area (Å²) in [6, 6.07) is 17.7. The Morgan fingerprint density at radius 1 is 0.919 bits per heavy atom. The number of hydrogen-bond donors (Lipinski definition) is 1. The minimum atomic E-state index is -4.18. The van der Waals surface area contributed by atoms with Crippen molar-refractivity contribution >= 4 is 27.3 Å². The summed E-state index contributed by atoms with van der Waals surface area (Å²) in [5.74, 6) is 1.28. The van der Waals surface area contributed by atoms with Crippen molar-refractivity contribution < 1.29 is 32.2 Å². The number of carbonyl (C=O) groups excluding carboxylic acids is 1. The number of nitrogens with zero attached hydrogens (tertiary/aromatic N) is 1. The Morgan fingerprint density at radius 2 is 1.62 bits per heavy atom. The highest BCUT2D eigenvalue weighted by Gasteiger charge is 2.28. The van der Waals surface area contributed by atoms with Gasteiger partial charge in [0.25, 0.3) is 10.0 Å².